The number of thioether (sulfide) groups is 1. The van der Waals surface area contributed by atoms with Crippen LogP contribution in [0, 0.1) is 13.8 Å². The summed E-state index contributed by atoms with van der Waals surface area (Å²) < 4.78 is 5.80. The third-order valence-electron chi connectivity index (χ3n) is 4.10. The molecule has 0 aliphatic rings. The Hall–Kier alpha value is -2.20. The highest BCUT2D eigenvalue weighted by molar-refractivity contribution is 8.00. The van der Waals surface area contributed by atoms with Crippen molar-refractivity contribution in [3.05, 3.63) is 65.4 Å². The second-order valence-electron chi connectivity index (χ2n) is 6.01. The Kier molecular flexibility index (Phi) is 4.95. The number of furan rings is 1. The van der Waals surface area contributed by atoms with Crippen LogP contribution < -0.4 is 5.32 Å². The Balaban J connectivity index is 1.58. The van der Waals surface area contributed by atoms with Crippen LogP contribution in [-0.4, -0.2) is 11.7 Å². The standard InChI is InChI=1S/C20H21NO2S/c1-13-8-9-17(10-14(13)2)24-12-20(22)21-15(3)19-11-16-6-4-5-7-18(16)23-19/h4-11,15H,12H2,1-3H3,(H,21,22)/t15-/m1/s1. The van der Waals surface area contributed by atoms with E-state index in [4.69, 9.17) is 4.42 Å². The zero-order valence-electron chi connectivity index (χ0n) is 14.1. The first kappa shape index (κ1) is 16.7. The van der Waals surface area contributed by atoms with Gasteiger partial charge in [-0.15, -0.1) is 11.8 Å². The number of carbonyl (C=O) groups excluding carboxylic acids is 1. The monoisotopic (exact) mass is 339 g/mol. The average molecular weight is 339 g/mol. The second-order valence-corrected chi connectivity index (χ2v) is 7.06. The lowest BCUT2D eigenvalue weighted by Gasteiger charge is -2.11. The summed E-state index contributed by atoms with van der Waals surface area (Å²) in [5.74, 6) is 1.18. The second kappa shape index (κ2) is 7.14. The van der Waals surface area contributed by atoms with Gasteiger partial charge < -0.3 is 9.73 Å². The van der Waals surface area contributed by atoms with E-state index in [1.54, 1.807) is 11.8 Å². The molecule has 1 heterocycles. The van der Waals surface area contributed by atoms with Gasteiger partial charge in [0.2, 0.25) is 5.91 Å². The van der Waals surface area contributed by atoms with Crippen LogP contribution in [0.4, 0.5) is 0 Å². The minimum absolute atomic E-state index is 0.00573. The summed E-state index contributed by atoms with van der Waals surface area (Å²) in [6.07, 6.45) is 0. The van der Waals surface area contributed by atoms with E-state index in [1.807, 2.05) is 37.3 Å². The highest BCUT2D eigenvalue weighted by Gasteiger charge is 2.14. The molecule has 1 amide bonds. The molecule has 1 atom stereocenters. The minimum Gasteiger partial charge on any atom is -0.459 e. The molecule has 2 aromatic carbocycles. The summed E-state index contributed by atoms with van der Waals surface area (Å²) in [5.41, 5.74) is 3.36. The lowest BCUT2D eigenvalue weighted by atomic mass is 10.1. The summed E-state index contributed by atoms with van der Waals surface area (Å²) in [7, 11) is 0. The van der Waals surface area contributed by atoms with E-state index in [0.29, 0.717) is 5.75 Å². The molecule has 4 heteroatoms. The quantitative estimate of drug-likeness (QED) is 0.664. The van der Waals surface area contributed by atoms with E-state index >= 15 is 0 Å². The Morgan fingerprint density at radius 2 is 1.92 bits per heavy atom. The minimum atomic E-state index is -0.148. The van der Waals surface area contributed by atoms with Crippen LogP contribution in [0.15, 0.2) is 57.8 Å². The smallest absolute Gasteiger partial charge is 0.230 e. The normalized spacial score (nSPS) is 12.3. The Morgan fingerprint density at radius 1 is 1.12 bits per heavy atom. The molecule has 0 aliphatic heterocycles. The lowest BCUT2D eigenvalue weighted by molar-refractivity contribution is -0.119. The van der Waals surface area contributed by atoms with Crippen molar-refractivity contribution in [3.63, 3.8) is 0 Å². The molecule has 0 radical (unpaired) electrons. The first-order chi connectivity index (χ1) is 11.5. The molecule has 124 valence electrons. The van der Waals surface area contributed by atoms with Crippen molar-refractivity contribution in [3.8, 4) is 0 Å². The summed E-state index contributed by atoms with van der Waals surface area (Å²) in [5, 5.41) is 4.05. The van der Waals surface area contributed by atoms with Gasteiger partial charge in [0.1, 0.15) is 11.3 Å². The number of hydrogen-bond acceptors (Lipinski definition) is 3. The van der Waals surface area contributed by atoms with Crippen molar-refractivity contribution in [2.75, 3.05) is 5.75 Å². The van der Waals surface area contributed by atoms with Crippen molar-refractivity contribution >= 4 is 28.6 Å². The SMILES string of the molecule is Cc1ccc(SCC(=O)N[C@H](C)c2cc3ccccc3o2)cc1C. The van der Waals surface area contributed by atoms with Crippen LogP contribution in [0.25, 0.3) is 11.0 Å². The first-order valence-electron chi connectivity index (χ1n) is 8.01. The lowest BCUT2D eigenvalue weighted by Crippen LogP contribution is -2.27. The Labute approximate surface area is 146 Å². The summed E-state index contributed by atoms with van der Waals surface area (Å²) in [6.45, 7) is 6.12. The molecule has 1 aromatic heterocycles. The zero-order chi connectivity index (χ0) is 17.1. The molecule has 3 aromatic rings. The Bertz CT molecular complexity index is 836. The van der Waals surface area contributed by atoms with Gasteiger partial charge in [-0.1, -0.05) is 24.3 Å². The maximum absolute atomic E-state index is 12.2. The van der Waals surface area contributed by atoms with Gasteiger partial charge in [-0.25, -0.2) is 0 Å². The average Bonchev–Trinajstić information content (AvgIpc) is 3.00. The van der Waals surface area contributed by atoms with Crippen LogP contribution in [0.1, 0.15) is 29.9 Å². The summed E-state index contributed by atoms with van der Waals surface area (Å²) in [6, 6.07) is 16.0. The largest absolute Gasteiger partial charge is 0.459 e. The van der Waals surface area contributed by atoms with E-state index < -0.39 is 0 Å². The molecular weight excluding hydrogens is 318 g/mol. The predicted octanol–water partition coefficient (Wildman–Crippen LogP) is 5.02. The molecule has 3 rings (SSSR count). The molecule has 1 N–H and O–H groups in total. The van der Waals surface area contributed by atoms with Crippen molar-refractivity contribution in [1.29, 1.82) is 0 Å². The van der Waals surface area contributed by atoms with Crippen LogP contribution >= 0.6 is 11.8 Å². The van der Waals surface area contributed by atoms with Crippen molar-refractivity contribution < 1.29 is 9.21 Å². The van der Waals surface area contributed by atoms with Crippen molar-refractivity contribution in [2.45, 2.75) is 31.7 Å². The number of hydrogen-bond donors (Lipinski definition) is 1. The molecule has 0 bridgehead atoms. The summed E-state index contributed by atoms with van der Waals surface area (Å²) >= 11 is 1.55. The molecule has 0 spiro atoms. The molecule has 0 aliphatic carbocycles. The van der Waals surface area contributed by atoms with Gasteiger partial charge in [-0.3, -0.25) is 4.79 Å². The van der Waals surface area contributed by atoms with Gasteiger partial charge in [0.05, 0.1) is 11.8 Å². The highest BCUT2D eigenvalue weighted by Crippen LogP contribution is 2.24. The molecule has 3 nitrogen and oxygen atoms in total. The van der Waals surface area contributed by atoms with Gasteiger partial charge in [0.15, 0.2) is 0 Å². The van der Waals surface area contributed by atoms with Gasteiger partial charge in [-0.05, 0) is 56.2 Å². The van der Waals surface area contributed by atoms with E-state index in [1.165, 1.54) is 11.1 Å². The number of nitrogens with one attached hydrogen (secondary N) is 1. The Morgan fingerprint density at radius 3 is 2.67 bits per heavy atom. The molecule has 24 heavy (non-hydrogen) atoms. The molecule has 0 fully saturated rings. The summed E-state index contributed by atoms with van der Waals surface area (Å²) in [4.78, 5) is 13.3. The van der Waals surface area contributed by atoms with Gasteiger partial charge in [-0.2, -0.15) is 0 Å². The predicted molar refractivity (Wildman–Crippen MR) is 99.4 cm³/mol. The zero-order valence-corrected chi connectivity index (χ0v) is 14.9. The highest BCUT2D eigenvalue weighted by atomic mass is 32.2. The topological polar surface area (TPSA) is 42.2 Å². The number of benzene rings is 2. The van der Waals surface area contributed by atoms with Gasteiger partial charge in [0, 0.05) is 10.3 Å². The van der Waals surface area contributed by atoms with Crippen LogP contribution in [-0.2, 0) is 4.79 Å². The van der Waals surface area contributed by atoms with E-state index in [2.05, 4.69) is 37.4 Å². The third-order valence-corrected chi connectivity index (χ3v) is 5.09. The van der Waals surface area contributed by atoms with Crippen molar-refractivity contribution in [2.24, 2.45) is 0 Å². The maximum atomic E-state index is 12.2. The van der Waals surface area contributed by atoms with Crippen LogP contribution in [0.5, 0.6) is 0 Å². The number of aryl methyl sites for hydroxylation is 2. The fourth-order valence-electron chi connectivity index (χ4n) is 2.52. The fourth-order valence-corrected chi connectivity index (χ4v) is 3.33. The molecule has 0 unspecified atom stereocenters. The van der Waals surface area contributed by atoms with E-state index in [-0.39, 0.29) is 11.9 Å². The van der Waals surface area contributed by atoms with Gasteiger partial charge >= 0.3 is 0 Å². The number of fused-ring (bicyclic) bond motifs is 1. The van der Waals surface area contributed by atoms with Crippen LogP contribution in [0.2, 0.25) is 0 Å². The molecular formula is C20H21NO2S. The molecule has 0 saturated carbocycles. The number of amides is 1. The van der Waals surface area contributed by atoms with Crippen LogP contribution in [0.3, 0.4) is 0 Å². The van der Waals surface area contributed by atoms with E-state index in [9.17, 15) is 4.79 Å². The fraction of sp³-hybridized carbons (Fsp3) is 0.250. The third kappa shape index (κ3) is 3.82. The number of carbonyl (C=O) groups is 1. The maximum Gasteiger partial charge on any atom is 0.230 e. The number of rotatable bonds is 5. The van der Waals surface area contributed by atoms with Gasteiger partial charge in [0.25, 0.3) is 0 Å². The first-order valence-corrected chi connectivity index (χ1v) is 8.99. The number of para-hydroxylation sites is 1. The van der Waals surface area contributed by atoms with Crippen molar-refractivity contribution in [1.82, 2.24) is 5.32 Å². The molecule has 0 saturated heterocycles. The van der Waals surface area contributed by atoms with E-state index in [0.717, 1.165) is 21.6 Å².